The number of carbonyl (C=O) groups excluding carboxylic acids is 1. The van der Waals surface area contributed by atoms with Crippen LogP contribution in [-0.4, -0.2) is 19.1 Å². The van der Waals surface area contributed by atoms with E-state index < -0.39 is 5.91 Å². The van der Waals surface area contributed by atoms with E-state index in [1.165, 1.54) is 0 Å². The average Bonchev–Trinajstić information content (AvgIpc) is 1.87. The second-order valence-electron chi connectivity index (χ2n) is 1.73. The Morgan fingerprint density at radius 1 is 1.80 bits per heavy atom. The molecule has 0 spiro atoms. The minimum atomic E-state index is -0.480. The van der Waals surface area contributed by atoms with Gasteiger partial charge in [0.25, 0.3) is 0 Å². The number of rotatable bonds is 6. The Balaban J connectivity index is 2.90. The number of hydrogen-bond acceptors (Lipinski definition) is 3. The van der Waals surface area contributed by atoms with E-state index in [1.807, 2.05) is 0 Å². The third-order valence-electron chi connectivity index (χ3n) is 0.767. The van der Waals surface area contributed by atoms with Crippen molar-refractivity contribution in [2.24, 2.45) is 5.73 Å². The lowest BCUT2D eigenvalue weighted by atomic mass is 10.4. The first-order valence-electron chi connectivity index (χ1n) is 3.01. The van der Waals surface area contributed by atoms with Crippen molar-refractivity contribution in [3.8, 4) is 0 Å². The quantitative estimate of drug-likeness (QED) is 0.302. The molecule has 0 saturated heterocycles. The lowest BCUT2D eigenvalue weighted by Gasteiger charge is -1.99. The Labute approximate surface area is 60.0 Å². The molecule has 0 aromatic heterocycles. The molecule has 58 valence electrons. The molecule has 0 atom stereocenters. The molecule has 0 aromatic carbocycles. The standard InChI is InChI=1S/C6H12N2O2/c1-2-3-4-8-10-5-6(7)9/h2,8H,1,3-5H2,(H2,7,9). The van der Waals surface area contributed by atoms with E-state index in [2.05, 4.69) is 16.9 Å². The van der Waals surface area contributed by atoms with Gasteiger partial charge in [-0.25, -0.2) is 5.48 Å². The van der Waals surface area contributed by atoms with E-state index in [0.29, 0.717) is 6.54 Å². The average molecular weight is 144 g/mol. The molecule has 4 heteroatoms. The maximum atomic E-state index is 10.1. The Bertz CT molecular complexity index is 114. The smallest absolute Gasteiger partial charge is 0.245 e. The van der Waals surface area contributed by atoms with Crippen LogP contribution in [-0.2, 0) is 9.63 Å². The molecule has 4 nitrogen and oxygen atoms in total. The third-order valence-corrected chi connectivity index (χ3v) is 0.767. The van der Waals surface area contributed by atoms with Gasteiger partial charge in [-0.15, -0.1) is 6.58 Å². The van der Waals surface area contributed by atoms with Crippen molar-refractivity contribution >= 4 is 5.91 Å². The highest BCUT2D eigenvalue weighted by atomic mass is 16.6. The van der Waals surface area contributed by atoms with Gasteiger partial charge in [-0.3, -0.25) is 9.63 Å². The molecule has 0 rings (SSSR count). The molecule has 0 aliphatic carbocycles. The van der Waals surface area contributed by atoms with E-state index in [9.17, 15) is 4.79 Å². The van der Waals surface area contributed by atoms with Crippen molar-refractivity contribution in [2.45, 2.75) is 6.42 Å². The molecule has 0 heterocycles. The van der Waals surface area contributed by atoms with Crippen LogP contribution >= 0.6 is 0 Å². The van der Waals surface area contributed by atoms with E-state index in [4.69, 9.17) is 5.73 Å². The molecular weight excluding hydrogens is 132 g/mol. The minimum absolute atomic E-state index is 0.0862. The summed E-state index contributed by atoms with van der Waals surface area (Å²) in [5, 5.41) is 0. The predicted molar refractivity (Wildman–Crippen MR) is 38.0 cm³/mol. The van der Waals surface area contributed by atoms with Gasteiger partial charge in [0.15, 0.2) is 0 Å². The van der Waals surface area contributed by atoms with Crippen LogP contribution in [0.2, 0.25) is 0 Å². The number of carbonyl (C=O) groups is 1. The Morgan fingerprint density at radius 3 is 3.00 bits per heavy atom. The van der Waals surface area contributed by atoms with Crippen LogP contribution in [0.15, 0.2) is 12.7 Å². The van der Waals surface area contributed by atoms with Gasteiger partial charge in [-0.05, 0) is 6.42 Å². The molecule has 0 aliphatic rings. The Morgan fingerprint density at radius 2 is 2.50 bits per heavy atom. The molecule has 3 N–H and O–H groups in total. The number of primary amides is 1. The van der Waals surface area contributed by atoms with Crippen molar-refractivity contribution in [1.29, 1.82) is 0 Å². The van der Waals surface area contributed by atoms with E-state index in [-0.39, 0.29) is 6.61 Å². The normalized spacial score (nSPS) is 9.20. The first-order chi connectivity index (χ1) is 4.77. The number of nitrogens with one attached hydrogen (secondary N) is 1. The van der Waals surface area contributed by atoms with Gasteiger partial charge in [0, 0.05) is 6.54 Å². The molecule has 0 unspecified atom stereocenters. The first-order valence-corrected chi connectivity index (χ1v) is 3.01. The molecular formula is C6H12N2O2. The molecule has 0 bridgehead atoms. The van der Waals surface area contributed by atoms with Crippen molar-refractivity contribution < 1.29 is 9.63 Å². The van der Waals surface area contributed by atoms with Crippen LogP contribution in [0.1, 0.15) is 6.42 Å². The number of amides is 1. The summed E-state index contributed by atoms with van der Waals surface area (Å²) in [6.07, 6.45) is 2.55. The fourth-order valence-corrected chi connectivity index (χ4v) is 0.355. The molecule has 0 aromatic rings. The summed E-state index contributed by atoms with van der Waals surface area (Å²) in [6.45, 7) is 4.07. The van der Waals surface area contributed by atoms with Gasteiger partial charge in [0.05, 0.1) is 0 Å². The topological polar surface area (TPSA) is 64.3 Å². The largest absolute Gasteiger partial charge is 0.368 e. The van der Waals surface area contributed by atoms with E-state index in [1.54, 1.807) is 6.08 Å². The molecule has 1 amide bonds. The Hall–Kier alpha value is -0.870. The van der Waals surface area contributed by atoms with Gasteiger partial charge in [-0.2, -0.15) is 0 Å². The molecule has 0 saturated carbocycles. The lowest BCUT2D eigenvalue weighted by molar-refractivity contribution is -0.125. The zero-order valence-electron chi connectivity index (χ0n) is 5.80. The SMILES string of the molecule is C=CCCNOCC(N)=O. The fraction of sp³-hybridized carbons (Fsp3) is 0.500. The predicted octanol–water partition coefficient (Wildman–Crippen LogP) is -0.431. The number of nitrogens with two attached hydrogens (primary N) is 1. The zero-order chi connectivity index (χ0) is 7.82. The van der Waals surface area contributed by atoms with Crippen LogP contribution in [0.4, 0.5) is 0 Å². The van der Waals surface area contributed by atoms with Crippen LogP contribution in [0.5, 0.6) is 0 Å². The molecule has 10 heavy (non-hydrogen) atoms. The van der Waals surface area contributed by atoms with Crippen LogP contribution in [0, 0.1) is 0 Å². The van der Waals surface area contributed by atoms with E-state index >= 15 is 0 Å². The highest BCUT2D eigenvalue weighted by Crippen LogP contribution is 1.74. The van der Waals surface area contributed by atoms with Gasteiger partial charge >= 0.3 is 0 Å². The third kappa shape index (κ3) is 7.13. The summed E-state index contributed by atoms with van der Waals surface area (Å²) in [5.74, 6) is -0.480. The Kier molecular flexibility index (Phi) is 5.71. The van der Waals surface area contributed by atoms with E-state index in [0.717, 1.165) is 6.42 Å². The highest BCUT2D eigenvalue weighted by Gasteiger charge is 1.90. The number of hydrogen-bond donors (Lipinski definition) is 2. The molecule has 0 radical (unpaired) electrons. The van der Waals surface area contributed by atoms with Crippen LogP contribution in [0.3, 0.4) is 0 Å². The summed E-state index contributed by atoms with van der Waals surface area (Å²) in [5.41, 5.74) is 7.33. The summed E-state index contributed by atoms with van der Waals surface area (Å²) in [7, 11) is 0. The highest BCUT2D eigenvalue weighted by molar-refractivity contribution is 5.74. The fourth-order valence-electron chi connectivity index (χ4n) is 0.355. The monoisotopic (exact) mass is 144 g/mol. The molecule has 0 aliphatic heterocycles. The first kappa shape index (κ1) is 9.13. The van der Waals surface area contributed by atoms with Crippen molar-refractivity contribution in [1.82, 2.24) is 5.48 Å². The van der Waals surface area contributed by atoms with Crippen LogP contribution < -0.4 is 11.2 Å². The van der Waals surface area contributed by atoms with Gasteiger partial charge in [-0.1, -0.05) is 6.08 Å². The van der Waals surface area contributed by atoms with Gasteiger partial charge in [0.2, 0.25) is 5.91 Å². The summed E-state index contributed by atoms with van der Waals surface area (Å²) >= 11 is 0. The summed E-state index contributed by atoms with van der Waals surface area (Å²) < 4.78 is 0. The molecule has 0 fully saturated rings. The summed E-state index contributed by atoms with van der Waals surface area (Å²) in [6, 6.07) is 0. The summed E-state index contributed by atoms with van der Waals surface area (Å²) in [4.78, 5) is 14.7. The lowest BCUT2D eigenvalue weighted by Crippen LogP contribution is -2.25. The number of hydroxylamine groups is 1. The maximum Gasteiger partial charge on any atom is 0.245 e. The van der Waals surface area contributed by atoms with Crippen molar-refractivity contribution in [3.63, 3.8) is 0 Å². The minimum Gasteiger partial charge on any atom is -0.368 e. The maximum absolute atomic E-state index is 10.1. The van der Waals surface area contributed by atoms with Crippen molar-refractivity contribution in [2.75, 3.05) is 13.2 Å². The van der Waals surface area contributed by atoms with Gasteiger partial charge in [0.1, 0.15) is 6.61 Å². The van der Waals surface area contributed by atoms with Gasteiger partial charge < -0.3 is 5.73 Å². The van der Waals surface area contributed by atoms with Crippen LogP contribution in [0.25, 0.3) is 0 Å². The zero-order valence-corrected chi connectivity index (χ0v) is 5.80. The second-order valence-corrected chi connectivity index (χ2v) is 1.73. The van der Waals surface area contributed by atoms with Crippen molar-refractivity contribution in [3.05, 3.63) is 12.7 Å². The second kappa shape index (κ2) is 6.25.